The summed E-state index contributed by atoms with van der Waals surface area (Å²) < 4.78 is 0. The summed E-state index contributed by atoms with van der Waals surface area (Å²) in [6, 6.07) is 10.1. The van der Waals surface area contributed by atoms with Gasteiger partial charge in [-0.1, -0.05) is 30.3 Å². The van der Waals surface area contributed by atoms with Gasteiger partial charge in [0.15, 0.2) is 0 Å². The van der Waals surface area contributed by atoms with Gasteiger partial charge in [-0.05, 0) is 57.7 Å². The Morgan fingerprint density at radius 2 is 1.90 bits per heavy atom. The molecule has 0 radical (unpaired) electrons. The Balaban J connectivity index is 1.81. The third-order valence-corrected chi connectivity index (χ3v) is 4.19. The molecule has 0 bridgehead atoms. The number of hydrogen-bond donors (Lipinski definition) is 2. The van der Waals surface area contributed by atoms with Crippen molar-refractivity contribution in [3.05, 3.63) is 35.9 Å². The zero-order chi connectivity index (χ0) is 14.4. The van der Waals surface area contributed by atoms with Crippen molar-refractivity contribution in [2.75, 3.05) is 13.1 Å². The minimum Gasteiger partial charge on any atom is -0.347 e. The number of rotatable bonds is 5. The number of amides is 1. The van der Waals surface area contributed by atoms with Crippen molar-refractivity contribution in [1.82, 2.24) is 10.6 Å². The predicted octanol–water partition coefficient (Wildman–Crippen LogP) is 2.82. The lowest BCUT2D eigenvalue weighted by molar-refractivity contribution is -0.123. The molecule has 1 heterocycles. The minimum atomic E-state index is -0.299. The molecule has 3 nitrogen and oxygen atoms in total. The van der Waals surface area contributed by atoms with Crippen LogP contribution in [0.5, 0.6) is 0 Å². The first-order valence-electron chi connectivity index (χ1n) is 7.65. The highest BCUT2D eigenvalue weighted by molar-refractivity contribution is 5.76. The van der Waals surface area contributed by atoms with Gasteiger partial charge in [0.2, 0.25) is 5.91 Å². The van der Waals surface area contributed by atoms with Crippen LogP contribution in [0.2, 0.25) is 0 Å². The van der Waals surface area contributed by atoms with Gasteiger partial charge in [0.1, 0.15) is 0 Å². The second kappa shape index (κ2) is 6.89. The van der Waals surface area contributed by atoms with E-state index in [2.05, 4.69) is 36.6 Å². The molecule has 3 heteroatoms. The quantitative estimate of drug-likeness (QED) is 0.867. The lowest BCUT2D eigenvalue weighted by Crippen LogP contribution is -2.41. The molecule has 0 saturated carbocycles. The maximum Gasteiger partial charge on any atom is 0.220 e. The first-order chi connectivity index (χ1) is 9.58. The molecule has 1 fully saturated rings. The number of piperidine rings is 1. The van der Waals surface area contributed by atoms with Crippen LogP contribution < -0.4 is 10.6 Å². The molecule has 110 valence electrons. The van der Waals surface area contributed by atoms with E-state index in [4.69, 9.17) is 0 Å². The fraction of sp³-hybridized carbons (Fsp3) is 0.588. The van der Waals surface area contributed by atoms with Crippen molar-refractivity contribution >= 4 is 5.91 Å². The predicted molar refractivity (Wildman–Crippen MR) is 82.4 cm³/mol. The third kappa shape index (κ3) is 4.34. The zero-order valence-electron chi connectivity index (χ0n) is 12.6. The molecular weight excluding hydrogens is 248 g/mol. The summed E-state index contributed by atoms with van der Waals surface area (Å²) in [4.78, 5) is 12.1. The van der Waals surface area contributed by atoms with Crippen LogP contribution in [-0.4, -0.2) is 19.0 Å². The van der Waals surface area contributed by atoms with Gasteiger partial charge in [-0.15, -0.1) is 0 Å². The molecule has 20 heavy (non-hydrogen) atoms. The van der Waals surface area contributed by atoms with Gasteiger partial charge in [0, 0.05) is 6.42 Å². The summed E-state index contributed by atoms with van der Waals surface area (Å²) in [5.41, 5.74) is 0.849. The molecule has 1 amide bonds. The summed E-state index contributed by atoms with van der Waals surface area (Å²) >= 11 is 0. The third-order valence-electron chi connectivity index (χ3n) is 4.19. The van der Waals surface area contributed by atoms with Crippen LogP contribution >= 0.6 is 0 Å². The highest BCUT2D eigenvalue weighted by atomic mass is 16.1. The van der Waals surface area contributed by atoms with Crippen LogP contribution in [0.3, 0.4) is 0 Å². The maximum atomic E-state index is 12.1. The summed E-state index contributed by atoms with van der Waals surface area (Å²) in [6.45, 7) is 6.32. The van der Waals surface area contributed by atoms with Crippen molar-refractivity contribution in [1.29, 1.82) is 0 Å². The van der Waals surface area contributed by atoms with Crippen LogP contribution in [0.1, 0.15) is 45.1 Å². The van der Waals surface area contributed by atoms with Crippen molar-refractivity contribution in [2.24, 2.45) is 5.92 Å². The average Bonchev–Trinajstić information content (AvgIpc) is 2.47. The van der Waals surface area contributed by atoms with E-state index in [0.717, 1.165) is 25.1 Å². The SMILES string of the molecule is CC(C)(NC(=O)CCC1CCNCC1)c1ccccc1. The Morgan fingerprint density at radius 1 is 1.25 bits per heavy atom. The summed E-state index contributed by atoms with van der Waals surface area (Å²) in [7, 11) is 0. The Labute approximate surface area is 122 Å². The number of carbonyl (C=O) groups excluding carboxylic acids is 1. The van der Waals surface area contributed by atoms with E-state index in [0.29, 0.717) is 12.3 Å². The van der Waals surface area contributed by atoms with Crippen molar-refractivity contribution in [3.8, 4) is 0 Å². The highest BCUT2D eigenvalue weighted by Crippen LogP contribution is 2.21. The fourth-order valence-corrected chi connectivity index (χ4v) is 2.84. The van der Waals surface area contributed by atoms with E-state index in [-0.39, 0.29) is 11.4 Å². The Bertz CT molecular complexity index is 422. The van der Waals surface area contributed by atoms with E-state index in [9.17, 15) is 4.79 Å². The van der Waals surface area contributed by atoms with Gasteiger partial charge in [0.25, 0.3) is 0 Å². The topological polar surface area (TPSA) is 41.1 Å². The lowest BCUT2D eigenvalue weighted by atomic mass is 9.91. The summed E-state index contributed by atoms with van der Waals surface area (Å²) in [6.07, 6.45) is 4.06. The number of benzene rings is 1. The van der Waals surface area contributed by atoms with Crippen LogP contribution in [0.25, 0.3) is 0 Å². The van der Waals surface area contributed by atoms with E-state index >= 15 is 0 Å². The Hall–Kier alpha value is -1.35. The minimum absolute atomic E-state index is 0.164. The largest absolute Gasteiger partial charge is 0.347 e. The van der Waals surface area contributed by atoms with Gasteiger partial charge in [0.05, 0.1) is 5.54 Å². The van der Waals surface area contributed by atoms with E-state index in [1.54, 1.807) is 0 Å². The van der Waals surface area contributed by atoms with Crippen LogP contribution in [0.4, 0.5) is 0 Å². The van der Waals surface area contributed by atoms with Gasteiger partial charge >= 0.3 is 0 Å². The molecule has 2 N–H and O–H groups in total. The van der Waals surface area contributed by atoms with Crippen LogP contribution in [-0.2, 0) is 10.3 Å². The molecule has 0 unspecified atom stereocenters. The first-order valence-corrected chi connectivity index (χ1v) is 7.65. The molecule has 2 rings (SSSR count). The molecule has 0 spiro atoms. The molecule has 0 aromatic heterocycles. The lowest BCUT2D eigenvalue weighted by Gasteiger charge is -2.28. The van der Waals surface area contributed by atoms with Gasteiger partial charge in [-0.3, -0.25) is 4.79 Å². The Morgan fingerprint density at radius 3 is 2.55 bits per heavy atom. The average molecular weight is 274 g/mol. The molecule has 1 aliphatic rings. The summed E-state index contributed by atoms with van der Waals surface area (Å²) in [5.74, 6) is 0.874. The first kappa shape index (κ1) is 15.0. The monoisotopic (exact) mass is 274 g/mol. The zero-order valence-corrected chi connectivity index (χ0v) is 12.6. The van der Waals surface area contributed by atoms with Crippen molar-refractivity contribution in [3.63, 3.8) is 0 Å². The smallest absolute Gasteiger partial charge is 0.220 e. The number of nitrogens with one attached hydrogen (secondary N) is 2. The maximum absolute atomic E-state index is 12.1. The number of carbonyl (C=O) groups is 1. The van der Waals surface area contributed by atoms with Gasteiger partial charge in [-0.25, -0.2) is 0 Å². The molecule has 0 atom stereocenters. The van der Waals surface area contributed by atoms with E-state index in [1.807, 2.05) is 18.2 Å². The second-order valence-corrected chi connectivity index (χ2v) is 6.27. The van der Waals surface area contributed by atoms with E-state index in [1.165, 1.54) is 12.8 Å². The van der Waals surface area contributed by atoms with Gasteiger partial charge < -0.3 is 10.6 Å². The molecule has 1 aromatic carbocycles. The molecular formula is C17H26N2O. The summed E-state index contributed by atoms with van der Waals surface area (Å²) in [5, 5.41) is 6.52. The second-order valence-electron chi connectivity index (χ2n) is 6.27. The normalized spacial score (nSPS) is 16.9. The Kier molecular flexibility index (Phi) is 5.18. The van der Waals surface area contributed by atoms with Crippen molar-refractivity contribution in [2.45, 2.75) is 45.1 Å². The highest BCUT2D eigenvalue weighted by Gasteiger charge is 2.23. The molecule has 1 aliphatic heterocycles. The van der Waals surface area contributed by atoms with Gasteiger partial charge in [-0.2, -0.15) is 0 Å². The number of hydrogen-bond acceptors (Lipinski definition) is 2. The molecule has 1 saturated heterocycles. The fourth-order valence-electron chi connectivity index (χ4n) is 2.84. The van der Waals surface area contributed by atoms with Crippen molar-refractivity contribution < 1.29 is 4.79 Å². The molecule has 1 aromatic rings. The van der Waals surface area contributed by atoms with Crippen LogP contribution in [0.15, 0.2) is 30.3 Å². The van der Waals surface area contributed by atoms with E-state index < -0.39 is 0 Å². The molecule has 0 aliphatic carbocycles. The van der Waals surface area contributed by atoms with Crippen LogP contribution in [0, 0.1) is 5.92 Å². The standard InChI is InChI=1S/C17H26N2O/c1-17(2,15-6-4-3-5-7-15)19-16(20)9-8-14-10-12-18-13-11-14/h3-7,14,18H,8-13H2,1-2H3,(H,19,20).